The van der Waals surface area contributed by atoms with Crippen LogP contribution >= 0.6 is 0 Å². The van der Waals surface area contributed by atoms with Gasteiger partial charge in [0, 0.05) is 5.56 Å². The monoisotopic (exact) mass is 226 g/mol. The lowest BCUT2D eigenvalue weighted by Gasteiger charge is -2.20. The van der Waals surface area contributed by atoms with Crippen molar-refractivity contribution in [3.05, 3.63) is 29.6 Å². The minimum Gasteiger partial charge on any atom is -0.539 e. The molecule has 0 atom stereocenters. The molecular weight excluding hydrogens is 210 g/mol. The summed E-state index contributed by atoms with van der Waals surface area (Å²) in [6.07, 6.45) is 0. The van der Waals surface area contributed by atoms with Gasteiger partial charge in [-0.25, -0.2) is 4.39 Å². The van der Waals surface area contributed by atoms with Crippen LogP contribution in [0.3, 0.4) is 0 Å². The van der Waals surface area contributed by atoms with Crippen molar-refractivity contribution in [1.29, 1.82) is 0 Å². The third-order valence-electron chi connectivity index (χ3n) is 1.90. The Bertz CT molecular complexity index is 350. The summed E-state index contributed by atoms with van der Waals surface area (Å²) in [6.45, 7) is 5.99. The van der Waals surface area contributed by atoms with E-state index in [0.29, 0.717) is 11.3 Å². The summed E-state index contributed by atoms with van der Waals surface area (Å²) < 4.78 is 23.5. The van der Waals surface area contributed by atoms with Crippen molar-refractivity contribution in [3.63, 3.8) is 0 Å². The average Bonchev–Trinajstić information content (AvgIpc) is 2.17. The molecule has 3 nitrogen and oxygen atoms in total. The fourth-order valence-corrected chi connectivity index (χ4v) is 1.17. The molecule has 0 heterocycles. The van der Waals surface area contributed by atoms with E-state index in [-0.39, 0.29) is 18.0 Å². The van der Waals surface area contributed by atoms with E-state index in [1.165, 1.54) is 18.2 Å². The first-order chi connectivity index (χ1) is 7.42. The number of hydrogen-bond donors (Lipinski definition) is 1. The zero-order valence-corrected chi connectivity index (χ0v) is 9.79. The minimum absolute atomic E-state index is 0.247. The van der Waals surface area contributed by atoms with Gasteiger partial charge in [-0.2, -0.15) is 0 Å². The highest BCUT2D eigenvalue weighted by Crippen LogP contribution is 2.22. The quantitative estimate of drug-likeness (QED) is 0.795. The molecule has 0 amide bonds. The van der Waals surface area contributed by atoms with Crippen LogP contribution in [0.4, 0.5) is 4.39 Å². The van der Waals surface area contributed by atoms with Crippen molar-refractivity contribution in [3.8, 4) is 5.75 Å². The second kappa shape index (κ2) is 5.32. The van der Waals surface area contributed by atoms with Crippen molar-refractivity contribution in [2.75, 3.05) is 0 Å². The topological polar surface area (TPSA) is 38.7 Å². The van der Waals surface area contributed by atoms with Crippen LogP contribution in [0.5, 0.6) is 5.75 Å². The van der Waals surface area contributed by atoms with Gasteiger partial charge in [0.05, 0.1) is 12.2 Å². The SMILES string of the molecule is CC(C)(C)OCc1cc(F)ccc1OBO. The molecule has 0 aliphatic rings. The van der Waals surface area contributed by atoms with Gasteiger partial charge in [0.2, 0.25) is 0 Å². The van der Waals surface area contributed by atoms with Crippen molar-refractivity contribution < 1.29 is 18.8 Å². The van der Waals surface area contributed by atoms with E-state index in [9.17, 15) is 4.39 Å². The van der Waals surface area contributed by atoms with Crippen LogP contribution in [0, 0.1) is 5.82 Å². The fraction of sp³-hybridized carbons (Fsp3) is 0.455. The highest BCUT2D eigenvalue weighted by atomic mass is 19.1. The summed E-state index contributed by atoms with van der Waals surface area (Å²) in [5, 5.41) is 8.68. The first-order valence-electron chi connectivity index (χ1n) is 5.08. The molecule has 5 heteroatoms. The molecule has 0 saturated carbocycles. The maximum Gasteiger partial charge on any atom is 0.504 e. The molecule has 0 aliphatic heterocycles. The van der Waals surface area contributed by atoms with E-state index in [1.54, 1.807) is 0 Å². The molecule has 0 radical (unpaired) electrons. The number of benzene rings is 1. The molecule has 0 bridgehead atoms. The Morgan fingerprint density at radius 2 is 2.06 bits per heavy atom. The van der Waals surface area contributed by atoms with E-state index >= 15 is 0 Å². The molecule has 0 aromatic heterocycles. The van der Waals surface area contributed by atoms with E-state index in [1.807, 2.05) is 20.8 Å². The Morgan fingerprint density at radius 3 is 2.62 bits per heavy atom. The fourth-order valence-electron chi connectivity index (χ4n) is 1.17. The summed E-state index contributed by atoms with van der Waals surface area (Å²) in [6, 6.07) is 4.11. The maximum atomic E-state index is 13.0. The summed E-state index contributed by atoms with van der Waals surface area (Å²) in [7, 11) is -0.436. The molecule has 0 fully saturated rings. The second-order valence-corrected chi connectivity index (χ2v) is 4.43. The van der Waals surface area contributed by atoms with Gasteiger partial charge < -0.3 is 14.4 Å². The number of rotatable bonds is 4. The maximum absolute atomic E-state index is 13.0. The average molecular weight is 226 g/mol. The predicted octanol–water partition coefficient (Wildman–Crippen LogP) is 1.78. The molecule has 16 heavy (non-hydrogen) atoms. The smallest absolute Gasteiger partial charge is 0.504 e. The Labute approximate surface area is 95.5 Å². The van der Waals surface area contributed by atoms with Crippen molar-refractivity contribution in [2.24, 2.45) is 0 Å². The normalized spacial score (nSPS) is 11.3. The van der Waals surface area contributed by atoms with Gasteiger partial charge in [-0.05, 0) is 39.0 Å². The molecule has 1 aromatic rings. The Kier molecular flexibility index (Phi) is 4.32. The van der Waals surface area contributed by atoms with Crippen LogP contribution in [-0.4, -0.2) is 18.3 Å². The van der Waals surface area contributed by atoms with Gasteiger partial charge >= 0.3 is 7.69 Å². The molecule has 0 aliphatic carbocycles. The molecule has 0 unspecified atom stereocenters. The zero-order chi connectivity index (χ0) is 12.2. The lowest BCUT2D eigenvalue weighted by atomic mass is 10.1. The van der Waals surface area contributed by atoms with E-state index in [2.05, 4.69) is 0 Å². The molecule has 0 spiro atoms. The van der Waals surface area contributed by atoms with Crippen LogP contribution in [-0.2, 0) is 11.3 Å². The molecule has 1 aromatic carbocycles. The van der Waals surface area contributed by atoms with Crippen LogP contribution in [0.1, 0.15) is 26.3 Å². The van der Waals surface area contributed by atoms with Crippen molar-refractivity contribution in [2.45, 2.75) is 33.0 Å². The molecule has 1 rings (SSSR count). The number of hydrogen-bond acceptors (Lipinski definition) is 3. The second-order valence-electron chi connectivity index (χ2n) is 4.43. The first kappa shape index (κ1) is 13.0. The minimum atomic E-state index is -0.436. The highest BCUT2D eigenvalue weighted by Gasteiger charge is 2.13. The number of halogens is 1. The Balaban J connectivity index is 2.79. The zero-order valence-electron chi connectivity index (χ0n) is 9.79. The van der Waals surface area contributed by atoms with Gasteiger partial charge in [0.15, 0.2) is 0 Å². The summed E-state index contributed by atoms with van der Waals surface area (Å²) in [5.74, 6) is 0.0888. The van der Waals surface area contributed by atoms with E-state index in [0.717, 1.165) is 0 Å². The van der Waals surface area contributed by atoms with Gasteiger partial charge in [-0.15, -0.1) is 0 Å². The third kappa shape index (κ3) is 4.20. The van der Waals surface area contributed by atoms with Crippen molar-refractivity contribution >= 4 is 7.69 Å². The van der Waals surface area contributed by atoms with E-state index < -0.39 is 7.69 Å². The van der Waals surface area contributed by atoms with Crippen LogP contribution in [0.2, 0.25) is 0 Å². The summed E-state index contributed by atoms with van der Waals surface area (Å²) in [5.41, 5.74) is 0.284. The summed E-state index contributed by atoms with van der Waals surface area (Å²) >= 11 is 0. The first-order valence-corrected chi connectivity index (χ1v) is 5.08. The molecule has 0 saturated heterocycles. The van der Waals surface area contributed by atoms with Gasteiger partial charge in [-0.3, -0.25) is 0 Å². The third-order valence-corrected chi connectivity index (χ3v) is 1.90. The van der Waals surface area contributed by atoms with Crippen LogP contribution in [0.25, 0.3) is 0 Å². The van der Waals surface area contributed by atoms with E-state index in [4.69, 9.17) is 14.4 Å². The van der Waals surface area contributed by atoms with Gasteiger partial charge in [0.1, 0.15) is 11.6 Å². The predicted molar refractivity (Wildman–Crippen MR) is 60.9 cm³/mol. The van der Waals surface area contributed by atoms with Crippen molar-refractivity contribution in [1.82, 2.24) is 0 Å². The summed E-state index contributed by atoms with van der Waals surface area (Å²) in [4.78, 5) is 0. The van der Waals surface area contributed by atoms with Gasteiger partial charge in [0.25, 0.3) is 0 Å². The lowest BCUT2D eigenvalue weighted by Crippen LogP contribution is -2.19. The highest BCUT2D eigenvalue weighted by molar-refractivity contribution is 6.17. The molecular formula is C11H16BFO3. The van der Waals surface area contributed by atoms with Crippen LogP contribution in [0.15, 0.2) is 18.2 Å². The molecule has 1 N–H and O–H groups in total. The Morgan fingerprint density at radius 1 is 1.38 bits per heavy atom. The lowest BCUT2D eigenvalue weighted by molar-refractivity contribution is -0.0155. The van der Waals surface area contributed by atoms with Crippen LogP contribution < -0.4 is 4.65 Å². The van der Waals surface area contributed by atoms with Gasteiger partial charge in [-0.1, -0.05) is 0 Å². The largest absolute Gasteiger partial charge is 0.539 e. The number of ether oxygens (including phenoxy) is 1. The Hall–Kier alpha value is -1.07. The molecule has 88 valence electrons. The standard InChI is InChI=1S/C11H16BFO3/c1-11(2,3)15-7-8-6-9(13)4-5-10(8)16-12-14/h4-6,12,14H,7H2,1-3H3.